The Hall–Kier alpha value is -2.77. The number of aromatic nitrogens is 1. The van der Waals surface area contributed by atoms with Crippen molar-refractivity contribution >= 4 is 11.6 Å². The summed E-state index contributed by atoms with van der Waals surface area (Å²) in [4.78, 5) is 15.0. The summed E-state index contributed by atoms with van der Waals surface area (Å²) in [6.45, 7) is 0. The first-order valence-electron chi connectivity index (χ1n) is 5.68. The van der Waals surface area contributed by atoms with Crippen LogP contribution in [0.15, 0.2) is 36.5 Å². The summed E-state index contributed by atoms with van der Waals surface area (Å²) in [7, 11) is 0. The maximum Gasteiger partial charge on any atom is 0.416 e. The average Bonchev–Trinajstić information content (AvgIpc) is 2.40. The van der Waals surface area contributed by atoms with Gasteiger partial charge < -0.3 is 16.2 Å². The summed E-state index contributed by atoms with van der Waals surface area (Å²) in [5.74, 6) is -1.18. The second-order valence-electron chi connectivity index (χ2n) is 4.11. The van der Waals surface area contributed by atoms with E-state index in [-0.39, 0.29) is 22.9 Å². The zero-order valence-electron chi connectivity index (χ0n) is 10.5. The molecule has 110 valence electrons. The number of rotatable bonds is 3. The second kappa shape index (κ2) is 5.31. The van der Waals surface area contributed by atoms with Crippen LogP contribution in [0.5, 0.6) is 11.6 Å². The molecule has 0 unspecified atom stereocenters. The fourth-order valence-corrected chi connectivity index (χ4v) is 1.57. The Kier molecular flexibility index (Phi) is 3.70. The molecule has 0 aliphatic heterocycles. The number of benzene rings is 1. The number of halogens is 3. The van der Waals surface area contributed by atoms with E-state index < -0.39 is 17.6 Å². The van der Waals surface area contributed by atoms with Crippen molar-refractivity contribution in [2.24, 2.45) is 5.73 Å². The number of nitrogens with two attached hydrogens (primary N) is 2. The van der Waals surface area contributed by atoms with E-state index in [9.17, 15) is 18.0 Å². The molecular weight excluding hydrogens is 287 g/mol. The number of anilines is 1. The van der Waals surface area contributed by atoms with Crippen LogP contribution in [0.2, 0.25) is 0 Å². The van der Waals surface area contributed by atoms with E-state index in [1.54, 1.807) is 0 Å². The van der Waals surface area contributed by atoms with Gasteiger partial charge in [0.15, 0.2) is 0 Å². The number of carbonyl (C=O) groups is 1. The van der Waals surface area contributed by atoms with E-state index >= 15 is 0 Å². The average molecular weight is 297 g/mol. The molecule has 0 aliphatic carbocycles. The van der Waals surface area contributed by atoms with Gasteiger partial charge in [0, 0.05) is 0 Å². The number of primary amides is 1. The molecule has 0 radical (unpaired) electrons. The molecule has 1 heterocycles. The quantitative estimate of drug-likeness (QED) is 0.910. The number of hydrogen-bond acceptors (Lipinski definition) is 4. The fraction of sp³-hybridized carbons (Fsp3) is 0.0769. The third kappa shape index (κ3) is 3.41. The summed E-state index contributed by atoms with van der Waals surface area (Å²) in [6.07, 6.45) is -3.30. The minimum atomic E-state index is -4.50. The van der Waals surface area contributed by atoms with Crippen molar-refractivity contribution in [2.75, 3.05) is 5.73 Å². The predicted molar refractivity (Wildman–Crippen MR) is 68.7 cm³/mol. The van der Waals surface area contributed by atoms with Crippen LogP contribution < -0.4 is 16.2 Å². The van der Waals surface area contributed by atoms with Crippen LogP contribution in [0.4, 0.5) is 18.9 Å². The minimum Gasteiger partial charge on any atom is -0.438 e. The molecule has 1 aromatic heterocycles. The summed E-state index contributed by atoms with van der Waals surface area (Å²) in [6, 6.07) is 5.41. The van der Waals surface area contributed by atoms with Gasteiger partial charge in [-0.3, -0.25) is 4.79 Å². The topological polar surface area (TPSA) is 91.2 Å². The van der Waals surface area contributed by atoms with Gasteiger partial charge in [-0.05, 0) is 24.3 Å². The molecule has 0 fully saturated rings. The molecule has 0 saturated carbocycles. The van der Waals surface area contributed by atoms with Crippen molar-refractivity contribution in [3.63, 3.8) is 0 Å². The monoisotopic (exact) mass is 297 g/mol. The Morgan fingerprint density at radius 2 is 1.95 bits per heavy atom. The van der Waals surface area contributed by atoms with Crippen LogP contribution in [0.3, 0.4) is 0 Å². The van der Waals surface area contributed by atoms with Crippen molar-refractivity contribution in [2.45, 2.75) is 6.18 Å². The van der Waals surface area contributed by atoms with Gasteiger partial charge in [0.25, 0.3) is 5.91 Å². The smallest absolute Gasteiger partial charge is 0.416 e. The molecule has 8 heteroatoms. The number of pyridine rings is 1. The number of carbonyl (C=O) groups excluding carboxylic acids is 1. The van der Waals surface area contributed by atoms with E-state index in [1.807, 2.05) is 0 Å². The van der Waals surface area contributed by atoms with Gasteiger partial charge in [-0.15, -0.1) is 0 Å². The van der Waals surface area contributed by atoms with E-state index in [0.29, 0.717) is 0 Å². The van der Waals surface area contributed by atoms with Gasteiger partial charge in [-0.2, -0.15) is 13.2 Å². The van der Waals surface area contributed by atoms with Crippen LogP contribution >= 0.6 is 0 Å². The number of nitrogen functional groups attached to an aromatic ring is 1. The lowest BCUT2D eigenvalue weighted by molar-refractivity contribution is -0.137. The van der Waals surface area contributed by atoms with E-state index in [4.69, 9.17) is 16.2 Å². The third-order valence-electron chi connectivity index (χ3n) is 2.51. The van der Waals surface area contributed by atoms with Gasteiger partial charge in [-0.1, -0.05) is 6.07 Å². The fourth-order valence-electron chi connectivity index (χ4n) is 1.57. The van der Waals surface area contributed by atoms with Crippen molar-refractivity contribution in [1.29, 1.82) is 0 Å². The molecule has 2 rings (SSSR count). The maximum absolute atomic E-state index is 12.6. The van der Waals surface area contributed by atoms with Gasteiger partial charge in [-0.25, -0.2) is 4.98 Å². The molecule has 0 bridgehead atoms. The Morgan fingerprint density at radius 3 is 2.57 bits per heavy atom. The van der Waals surface area contributed by atoms with Gasteiger partial charge >= 0.3 is 6.18 Å². The van der Waals surface area contributed by atoms with Crippen LogP contribution in [0.1, 0.15) is 15.9 Å². The first kappa shape index (κ1) is 14.6. The zero-order valence-corrected chi connectivity index (χ0v) is 10.5. The van der Waals surface area contributed by atoms with Crippen LogP contribution in [0, 0.1) is 0 Å². The van der Waals surface area contributed by atoms with Crippen molar-refractivity contribution in [3.8, 4) is 11.6 Å². The molecule has 1 amide bonds. The highest BCUT2D eigenvalue weighted by Crippen LogP contribution is 2.33. The highest BCUT2D eigenvalue weighted by atomic mass is 19.4. The molecule has 5 nitrogen and oxygen atoms in total. The number of amides is 1. The largest absolute Gasteiger partial charge is 0.438 e. The standard InChI is InChI=1S/C13H10F3N3O2/c14-13(15,16)7-2-1-3-9(4-7)21-12-10(11(18)20)5-8(17)6-19-12/h1-6H,17H2,(H2,18,20). The first-order chi connectivity index (χ1) is 9.77. The molecule has 0 saturated heterocycles. The van der Waals surface area contributed by atoms with Gasteiger partial charge in [0.05, 0.1) is 17.4 Å². The zero-order chi connectivity index (χ0) is 15.6. The summed E-state index contributed by atoms with van der Waals surface area (Å²) in [5.41, 5.74) is 9.79. The summed E-state index contributed by atoms with van der Waals surface area (Å²) in [5, 5.41) is 0. The van der Waals surface area contributed by atoms with E-state index in [2.05, 4.69) is 4.98 Å². The van der Waals surface area contributed by atoms with Crippen LogP contribution in [0.25, 0.3) is 0 Å². The number of nitrogens with zero attached hydrogens (tertiary/aromatic N) is 1. The van der Waals surface area contributed by atoms with E-state index in [1.165, 1.54) is 24.4 Å². The molecule has 0 aliphatic rings. The molecular formula is C13H10F3N3O2. The van der Waals surface area contributed by atoms with Crippen molar-refractivity contribution in [1.82, 2.24) is 4.98 Å². The van der Waals surface area contributed by atoms with Crippen molar-refractivity contribution < 1.29 is 22.7 Å². The highest BCUT2D eigenvalue weighted by molar-refractivity contribution is 5.95. The molecule has 0 spiro atoms. The molecule has 0 atom stereocenters. The van der Waals surface area contributed by atoms with Crippen molar-refractivity contribution in [3.05, 3.63) is 47.7 Å². The molecule has 1 aromatic carbocycles. The first-order valence-corrected chi connectivity index (χ1v) is 5.68. The summed E-state index contributed by atoms with van der Waals surface area (Å²) < 4.78 is 43.0. The lowest BCUT2D eigenvalue weighted by atomic mass is 10.2. The normalized spacial score (nSPS) is 11.2. The second-order valence-corrected chi connectivity index (χ2v) is 4.11. The summed E-state index contributed by atoms with van der Waals surface area (Å²) >= 11 is 0. The van der Waals surface area contributed by atoms with Crippen LogP contribution in [-0.2, 0) is 6.18 Å². The molecule has 2 aromatic rings. The Labute approximate surface area is 117 Å². The highest BCUT2D eigenvalue weighted by Gasteiger charge is 2.30. The lowest BCUT2D eigenvalue weighted by Crippen LogP contribution is -2.13. The number of ether oxygens (including phenoxy) is 1. The Bertz CT molecular complexity index is 687. The van der Waals surface area contributed by atoms with E-state index in [0.717, 1.165) is 12.1 Å². The number of alkyl halides is 3. The lowest BCUT2D eigenvalue weighted by Gasteiger charge is -2.11. The third-order valence-corrected chi connectivity index (χ3v) is 2.51. The SMILES string of the molecule is NC(=O)c1cc(N)cnc1Oc1cccc(C(F)(F)F)c1. The van der Waals surface area contributed by atoms with Crippen LogP contribution in [-0.4, -0.2) is 10.9 Å². The van der Waals surface area contributed by atoms with Gasteiger partial charge in [0.2, 0.25) is 5.88 Å². The predicted octanol–water partition coefficient (Wildman–Crippen LogP) is 2.57. The Morgan fingerprint density at radius 1 is 1.24 bits per heavy atom. The minimum absolute atomic E-state index is 0.118. The maximum atomic E-state index is 12.6. The molecule has 4 N–H and O–H groups in total. The molecule has 21 heavy (non-hydrogen) atoms. The number of hydrogen-bond donors (Lipinski definition) is 2. The Balaban J connectivity index is 2.37. The van der Waals surface area contributed by atoms with Gasteiger partial charge in [0.1, 0.15) is 11.3 Å².